The maximum Gasteiger partial charge on any atom is 0.254 e. The second-order valence-electron chi connectivity index (χ2n) is 4.92. The second kappa shape index (κ2) is 7.23. The molecule has 0 radical (unpaired) electrons. The van der Waals surface area contributed by atoms with E-state index in [-0.39, 0.29) is 5.91 Å². The Morgan fingerprint density at radius 2 is 2.00 bits per heavy atom. The molecule has 0 N–H and O–H groups in total. The first-order valence-electron chi connectivity index (χ1n) is 7.00. The molecule has 0 aliphatic heterocycles. The first kappa shape index (κ1) is 15.5. The van der Waals surface area contributed by atoms with Crippen LogP contribution in [0, 0.1) is 6.92 Å². The van der Waals surface area contributed by atoms with Gasteiger partial charge in [0, 0.05) is 23.7 Å². The molecule has 0 saturated heterocycles. The smallest absolute Gasteiger partial charge is 0.254 e. The monoisotopic (exact) mass is 302 g/mol. The lowest BCUT2D eigenvalue weighted by atomic mass is 10.1. The number of pyridine rings is 1. The van der Waals surface area contributed by atoms with Crippen LogP contribution < -0.4 is 0 Å². The lowest BCUT2D eigenvalue weighted by molar-refractivity contribution is 0.0750. The minimum absolute atomic E-state index is 0.00720. The molecule has 110 valence electrons. The summed E-state index contributed by atoms with van der Waals surface area (Å²) in [5, 5.41) is 0. The number of alkyl halides is 1. The van der Waals surface area contributed by atoms with Crippen molar-refractivity contribution < 1.29 is 4.79 Å². The minimum atomic E-state index is 0.00720. The van der Waals surface area contributed by atoms with Crippen LogP contribution in [0.15, 0.2) is 42.5 Å². The fourth-order valence-electron chi connectivity index (χ4n) is 2.18. The fraction of sp³-hybridized carbons (Fsp3) is 0.294. The predicted molar refractivity (Wildman–Crippen MR) is 85.4 cm³/mol. The minimum Gasteiger partial charge on any atom is -0.333 e. The van der Waals surface area contributed by atoms with Crippen molar-refractivity contribution in [2.75, 3.05) is 6.54 Å². The molecule has 3 nitrogen and oxygen atoms in total. The van der Waals surface area contributed by atoms with Crippen molar-refractivity contribution in [3.05, 3.63) is 65.0 Å². The third-order valence-electron chi connectivity index (χ3n) is 3.30. The van der Waals surface area contributed by atoms with E-state index in [4.69, 9.17) is 11.6 Å². The highest BCUT2D eigenvalue weighted by atomic mass is 35.5. The average molecular weight is 303 g/mol. The van der Waals surface area contributed by atoms with E-state index in [1.165, 1.54) is 0 Å². The Bertz CT molecular complexity index is 628. The van der Waals surface area contributed by atoms with Gasteiger partial charge in [0.15, 0.2) is 0 Å². The van der Waals surface area contributed by atoms with E-state index in [1.54, 1.807) is 4.90 Å². The molecule has 0 saturated carbocycles. The Kier molecular flexibility index (Phi) is 5.34. The predicted octanol–water partition coefficient (Wildman–Crippen LogP) is 3.79. The number of hydrogen-bond acceptors (Lipinski definition) is 2. The van der Waals surface area contributed by atoms with Gasteiger partial charge in [-0.05, 0) is 43.7 Å². The zero-order valence-electron chi connectivity index (χ0n) is 12.3. The van der Waals surface area contributed by atoms with Gasteiger partial charge in [0.05, 0.1) is 12.2 Å². The summed E-state index contributed by atoms with van der Waals surface area (Å²) in [6.07, 6.45) is 0. The molecule has 2 rings (SSSR count). The van der Waals surface area contributed by atoms with Gasteiger partial charge in [-0.3, -0.25) is 9.78 Å². The van der Waals surface area contributed by atoms with E-state index >= 15 is 0 Å². The summed E-state index contributed by atoms with van der Waals surface area (Å²) in [5.74, 6) is 0.417. The van der Waals surface area contributed by atoms with Gasteiger partial charge in [-0.2, -0.15) is 0 Å². The van der Waals surface area contributed by atoms with Crippen LogP contribution in [0.1, 0.15) is 34.2 Å². The van der Waals surface area contributed by atoms with Crippen molar-refractivity contribution in [1.29, 1.82) is 0 Å². The van der Waals surface area contributed by atoms with Crippen molar-refractivity contribution in [1.82, 2.24) is 9.88 Å². The molecular formula is C17H19ClN2O. The molecule has 21 heavy (non-hydrogen) atoms. The number of carbonyl (C=O) groups is 1. The van der Waals surface area contributed by atoms with E-state index in [0.29, 0.717) is 24.5 Å². The van der Waals surface area contributed by atoms with Crippen LogP contribution in [0.2, 0.25) is 0 Å². The molecule has 1 heterocycles. The Morgan fingerprint density at radius 3 is 2.67 bits per heavy atom. The first-order valence-corrected chi connectivity index (χ1v) is 7.54. The Balaban J connectivity index is 2.18. The molecule has 1 amide bonds. The van der Waals surface area contributed by atoms with Crippen molar-refractivity contribution in [3.8, 4) is 0 Å². The summed E-state index contributed by atoms with van der Waals surface area (Å²) in [5.41, 5.74) is 3.48. The third-order valence-corrected chi connectivity index (χ3v) is 3.60. The summed E-state index contributed by atoms with van der Waals surface area (Å²) >= 11 is 5.83. The Labute approximate surface area is 130 Å². The summed E-state index contributed by atoms with van der Waals surface area (Å²) in [6.45, 7) is 5.08. The van der Waals surface area contributed by atoms with Gasteiger partial charge < -0.3 is 4.90 Å². The number of halogens is 1. The van der Waals surface area contributed by atoms with E-state index < -0.39 is 0 Å². The van der Waals surface area contributed by atoms with Crippen molar-refractivity contribution >= 4 is 17.5 Å². The van der Waals surface area contributed by atoms with Gasteiger partial charge >= 0.3 is 0 Å². The van der Waals surface area contributed by atoms with Gasteiger partial charge in [-0.1, -0.05) is 18.2 Å². The van der Waals surface area contributed by atoms with Crippen LogP contribution in [0.25, 0.3) is 0 Å². The van der Waals surface area contributed by atoms with Gasteiger partial charge in [0.2, 0.25) is 0 Å². The highest BCUT2D eigenvalue weighted by Gasteiger charge is 2.15. The number of aromatic nitrogens is 1. The van der Waals surface area contributed by atoms with E-state index in [1.807, 2.05) is 56.3 Å². The fourth-order valence-corrected chi connectivity index (χ4v) is 2.35. The van der Waals surface area contributed by atoms with Gasteiger partial charge in [-0.25, -0.2) is 0 Å². The third kappa shape index (κ3) is 4.05. The number of nitrogens with zero attached hydrogens (tertiary/aromatic N) is 2. The van der Waals surface area contributed by atoms with Crippen molar-refractivity contribution in [2.45, 2.75) is 26.3 Å². The van der Waals surface area contributed by atoms with E-state index in [2.05, 4.69) is 4.98 Å². The van der Waals surface area contributed by atoms with Gasteiger partial charge in [0.1, 0.15) is 0 Å². The lowest BCUT2D eigenvalue weighted by Crippen LogP contribution is -2.30. The molecule has 4 heteroatoms. The SMILES string of the molecule is CCN(Cc1cccc(C)n1)C(=O)c1cccc(CCl)c1. The van der Waals surface area contributed by atoms with Crippen molar-refractivity contribution in [3.63, 3.8) is 0 Å². The van der Waals surface area contributed by atoms with Crippen LogP contribution in [-0.2, 0) is 12.4 Å². The normalized spacial score (nSPS) is 10.4. The average Bonchev–Trinajstić information content (AvgIpc) is 2.52. The standard InChI is InChI=1S/C17H19ClN2O/c1-3-20(12-16-9-4-6-13(2)19-16)17(21)15-8-5-7-14(10-15)11-18/h4-10H,3,11-12H2,1-2H3. The number of rotatable bonds is 5. The zero-order valence-corrected chi connectivity index (χ0v) is 13.1. The molecule has 0 spiro atoms. The number of carbonyl (C=O) groups excluding carboxylic acids is 1. The molecule has 0 fully saturated rings. The highest BCUT2D eigenvalue weighted by molar-refractivity contribution is 6.17. The number of benzene rings is 1. The molecule has 1 aromatic heterocycles. The van der Waals surface area contributed by atoms with Gasteiger partial charge in [-0.15, -0.1) is 11.6 Å². The molecular weight excluding hydrogens is 284 g/mol. The lowest BCUT2D eigenvalue weighted by Gasteiger charge is -2.21. The molecule has 0 aliphatic carbocycles. The topological polar surface area (TPSA) is 33.2 Å². The van der Waals surface area contributed by atoms with Crippen LogP contribution in [0.4, 0.5) is 0 Å². The molecule has 0 bridgehead atoms. The zero-order chi connectivity index (χ0) is 15.2. The first-order chi connectivity index (χ1) is 10.1. The molecule has 1 aromatic carbocycles. The number of aryl methyl sites for hydroxylation is 1. The summed E-state index contributed by atoms with van der Waals surface area (Å²) in [7, 11) is 0. The largest absolute Gasteiger partial charge is 0.333 e. The molecule has 0 unspecified atom stereocenters. The molecule has 0 aliphatic rings. The Morgan fingerprint density at radius 1 is 1.24 bits per heavy atom. The van der Waals surface area contributed by atoms with Crippen LogP contribution in [0.5, 0.6) is 0 Å². The molecule has 2 aromatic rings. The maximum atomic E-state index is 12.6. The van der Waals surface area contributed by atoms with E-state index in [0.717, 1.165) is 17.0 Å². The maximum absolute atomic E-state index is 12.6. The summed E-state index contributed by atoms with van der Waals surface area (Å²) in [6, 6.07) is 13.3. The van der Waals surface area contributed by atoms with Crippen LogP contribution in [-0.4, -0.2) is 22.3 Å². The van der Waals surface area contributed by atoms with Crippen LogP contribution in [0.3, 0.4) is 0 Å². The van der Waals surface area contributed by atoms with Crippen molar-refractivity contribution in [2.24, 2.45) is 0 Å². The quantitative estimate of drug-likeness (QED) is 0.787. The van der Waals surface area contributed by atoms with E-state index in [9.17, 15) is 4.79 Å². The van der Waals surface area contributed by atoms with Crippen LogP contribution >= 0.6 is 11.6 Å². The number of hydrogen-bond donors (Lipinski definition) is 0. The second-order valence-corrected chi connectivity index (χ2v) is 5.19. The summed E-state index contributed by atoms with van der Waals surface area (Å²) < 4.78 is 0. The highest BCUT2D eigenvalue weighted by Crippen LogP contribution is 2.12. The van der Waals surface area contributed by atoms with Gasteiger partial charge in [0.25, 0.3) is 5.91 Å². The Hall–Kier alpha value is -1.87. The summed E-state index contributed by atoms with van der Waals surface area (Å²) in [4.78, 5) is 18.8. The molecule has 0 atom stereocenters. The number of amides is 1.